The van der Waals surface area contributed by atoms with Gasteiger partial charge in [-0.05, 0) is 0 Å². The molecule has 8 heavy (non-hydrogen) atoms. The Morgan fingerprint density at radius 1 is 1.38 bits per heavy atom. The average Bonchev–Trinajstić information content (AvgIpc) is 1.59. The van der Waals surface area contributed by atoms with E-state index in [1.807, 2.05) is 0 Å². The van der Waals surface area contributed by atoms with Gasteiger partial charge in [0.15, 0.2) is 8.24 Å². The predicted molar refractivity (Wildman–Crippen MR) is 35.5 cm³/mol. The van der Waals surface area contributed by atoms with Crippen molar-refractivity contribution in [3.8, 4) is 0 Å². The lowest BCUT2D eigenvalue weighted by molar-refractivity contribution is 0.857. The van der Waals surface area contributed by atoms with Gasteiger partial charge in [-0.1, -0.05) is 30.1 Å². The van der Waals surface area contributed by atoms with Crippen LogP contribution < -0.4 is 10.9 Å². The third kappa shape index (κ3) is 5.42. The molecule has 0 aromatic rings. The lowest BCUT2D eigenvalue weighted by Crippen LogP contribution is -2.36. The predicted octanol–water partition coefficient (Wildman–Crippen LogP) is 0.652. The highest BCUT2D eigenvalue weighted by molar-refractivity contribution is 6.73. The van der Waals surface area contributed by atoms with Crippen molar-refractivity contribution in [2.75, 3.05) is 0 Å². The zero-order valence-corrected chi connectivity index (χ0v) is 6.47. The minimum absolute atomic E-state index is 1.27. The molecule has 0 atom stereocenters. The summed E-state index contributed by atoms with van der Waals surface area (Å²) in [6, 6.07) is 0. The van der Waals surface area contributed by atoms with E-state index in [2.05, 4.69) is 35.2 Å². The first-order chi connectivity index (χ1) is 3.56. The Morgan fingerprint density at radius 3 is 2.00 bits per heavy atom. The molecule has 0 rings (SSSR count). The van der Waals surface area contributed by atoms with E-state index in [0.717, 1.165) is 0 Å². The molecule has 5 heteroatoms. The van der Waals surface area contributed by atoms with Crippen LogP contribution in [0.2, 0.25) is 19.6 Å². The fourth-order valence-corrected chi connectivity index (χ4v) is 0.537. The monoisotopic (exact) mass is 132 g/mol. The molecule has 0 aromatic carbocycles. The summed E-state index contributed by atoms with van der Waals surface area (Å²) in [6.45, 7) is 6.34. The van der Waals surface area contributed by atoms with E-state index in [-0.39, 0.29) is 0 Å². The van der Waals surface area contributed by atoms with Crippen LogP contribution >= 0.6 is 0 Å². The topological polar surface area (TPSA) is 62.8 Å². The maximum atomic E-state index is 4.75. The smallest absolute Gasteiger partial charge is 0.167 e. The number of nitrogens with one attached hydrogen (secondary N) is 1. The van der Waals surface area contributed by atoms with Crippen molar-refractivity contribution in [3.63, 3.8) is 0 Å². The molecule has 0 fully saturated rings. The van der Waals surface area contributed by atoms with Crippen LogP contribution in [0.15, 0.2) is 10.4 Å². The van der Waals surface area contributed by atoms with Gasteiger partial charge in [-0.3, -0.25) is 0 Å². The molecule has 0 bridgehead atoms. The average molecular weight is 132 g/mol. The van der Waals surface area contributed by atoms with Gasteiger partial charge in [0.05, 0.1) is 0 Å². The van der Waals surface area contributed by atoms with E-state index < -0.39 is 8.24 Å². The first-order valence-electron chi connectivity index (χ1n) is 2.43. The van der Waals surface area contributed by atoms with Crippen molar-refractivity contribution < 1.29 is 0 Å². The van der Waals surface area contributed by atoms with E-state index >= 15 is 0 Å². The van der Waals surface area contributed by atoms with Gasteiger partial charge in [-0.25, -0.2) is 0 Å². The molecule has 3 N–H and O–H groups in total. The summed E-state index contributed by atoms with van der Waals surface area (Å²) in [5.74, 6) is 4.75. The third-order valence-electron chi connectivity index (χ3n) is 0.443. The minimum Gasteiger partial charge on any atom is -0.318 e. The molecule has 0 aromatic heterocycles. The SMILES string of the molecule is C[Si](C)(C)N/N=N/N. The van der Waals surface area contributed by atoms with Crippen LogP contribution in [0.1, 0.15) is 0 Å². The third-order valence-corrected chi connectivity index (χ3v) is 1.21. The summed E-state index contributed by atoms with van der Waals surface area (Å²) in [5, 5.41) is 9.37. The van der Waals surface area contributed by atoms with Crippen molar-refractivity contribution in [1.29, 1.82) is 0 Å². The second-order valence-electron chi connectivity index (χ2n) is 2.58. The standard InChI is InChI=1S/C3H12N4Si/c1-8(2,3)7-6-5-4/h1-3H3,(H2,4,6)(H,5,7). The molecule has 0 aliphatic heterocycles. The fourth-order valence-electron chi connectivity index (χ4n) is 0.179. The highest BCUT2D eigenvalue weighted by Gasteiger charge is 2.10. The minimum atomic E-state index is -1.27. The van der Waals surface area contributed by atoms with Gasteiger partial charge in [0, 0.05) is 0 Å². The van der Waals surface area contributed by atoms with Crippen LogP contribution in [0.5, 0.6) is 0 Å². The first kappa shape index (κ1) is 7.42. The molecule has 0 aliphatic carbocycles. The molecule has 0 amide bonds. The summed E-state index contributed by atoms with van der Waals surface area (Å²) >= 11 is 0. The van der Waals surface area contributed by atoms with Gasteiger partial charge in [-0.2, -0.15) is 0 Å². The largest absolute Gasteiger partial charge is 0.318 e. The molecule has 0 heterocycles. The maximum Gasteiger partial charge on any atom is 0.167 e. The van der Waals surface area contributed by atoms with Crippen LogP contribution in [0.3, 0.4) is 0 Å². The molecular weight excluding hydrogens is 120 g/mol. The summed E-state index contributed by atoms with van der Waals surface area (Å²) in [5.41, 5.74) is 0. The second kappa shape index (κ2) is 2.66. The Balaban J connectivity index is 3.39. The molecule has 0 spiro atoms. The Labute approximate surface area is 50.2 Å². The second-order valence-corrected chi connectivity index (χ2v) is 7.30. The van der Waals surface area contributed by atoms with Gasteiger partial charge in [0.25, 0.3) is 0 Å². The molecule has 4 nitrogen and oxygen atoms in total. The van der Waals surface area contributed by atoms with Crippen molar-refractivity contribution >= 4 is 8.24 Å². The number of hydrogen-bond donors (Lipinski definition) is 2. The van der Waals surface area contributed by atoms with Crippen LogP contribution in [0, 0.1) is 0 Å². The Hall–Kier alpha value is -0.583. The van der Waals surface area contributed by atoms with Gasteiger partial charge in [0.2, 0.25) is 0 Å². The summed E-state index contributed by atoms with van der Waals surface area (Å²) in [4.78, 5) is 0. The van der Waals surface area contributed by atoms with Crippen LogP contribution in [0.25, 0.3) is 0 Å². The normalized spacial score (nSPS) is 12.4. The molecule has 0 saturated carbocycles. The number of nitrogens with two attached hydrogens (primary N) is 1. The highest BCUT2D eigenvalue weighted by Crippen LogP contribution is 1.92. The summed E-state index contributed by atoms with van der Waals surface area (Å²) in [7, 11) is -1.27. The number of rotatable bonds is 2. The zero-order valence-electron chi connectivity index (χ0n) is 5.47. The van der Waals surface area contributed by atoms with Crippen molar-refractivity contribution in [1.82, 2.24) is 5.09 Å². The Morgan fingerprint density at radius 2 is 1.88 bits per heavy atom. The van der Waals surface area contributed by atoms with Crippen molar-refractivity contribution in [3.05, 3.63) is 0 Å². The number of hydrogen-bond acceptors (Lipinski definition) is 2. The molecular formula is C3H12N4Si. The Kier molecular flexibility index (Phi) is 2.46. The van der Waals surface area contributed by atoms with Crippen LogP contribution in [0.4, 0.5) is 0 Å². The Bertz CT molecular complexity index is 83.8. The fraction of sp³-hybridized carbons (Fsp3) is 1.00. The summed E-state index contributed by atoms with van der Waals surface area (Å²) < 4.78 is 0. The quantitative estimate of drug-likeness (QED) is 0.251. The lowest BCUT2D eigenvalue weighted by Gasteiger charge is -2.11. The van der Waals surface area contributed by atoms with E-state index in [4.69, 9.17) is 5.84 Å². The number of nitrogens with zero attached hydrogens (tertiary/aromatic N) is 2. The maximum absolute atomic E-state index is 4.75. The molecule has 0 radical (unpaired) electrons. The van der Waals surface area contributed by atoms with Gasteiger partial charge in [-0.15, -0.1) is 0 Å². The van der Waals surface area contributed by atoms with E-state index in [9.17, 15) is 0 Å². The zero-order chi connectivity index (χ0) is 6.62. The molecule has 0 unspecified atom stereocenters. The van der Waals surface area contributed by atoms with Crippen molar-refractivity contribution in [2.24, 2.45) is 16.3 Å². The van der Waals surface area contributed by atoms with Gasteiger partial charge in [0.1, 0.15) is 0 Å². The van der Waals surface area contributed by atoms with Crippen LogP contribution in [-0.2, 0) is 0 Å². The van der Waals surface area contributed by atoms with Crippen molar-refractivity contribution in [2.45, 2.75) is 19.6 Å². The summed E-state index contributed by atoms with van der Waals surface area (Å²) in [6.07, 6.45) is 0. The highest BCUT2D eigenvalue weighted by atomic mass is 28.3. The van der Waals surface area contributed by atoms with E-state index in [1.165, 1.54) is 0 Å². The molecule has 0 saturated heterocycles. The molecule has 0 aliphatic rings. The first-order valence-corrected chi connectivity index (χ1v) is 5.93. The lowest BCUT2D eigenvalue weighted by atomic mass is 11.8. The van der Waals surface area contributed by atoms with Gasteiger partial charge >= 0.3 is 0 Å². The van der Waals surface area contributed by atoms with E-state index in [1.54, 1.807) is 0 Å². The van der Waals surface area contributed by atoms with E-state index in [0.29, 0.717) is 0 Å². The van der Waals surface area contributed by atoms with Gasteiger partial charge < -0.3 is 10.9 Å². The molecule has 48 valence electrons. The van der Waals surface area contributed by atoms with Crippen LogP contribution in [-0.4, -0.2) is 8.24 Å².